The number of carbonyl (C=O) groups excluding carboxylic acids is 1. The molecular formula is C14H29N3O2. The minimum absolute atomic E-state index is 0.0826. The zero-order valence-electron chi connectivity index (χ0n) is 12.8. The first-order valence-electron chi connectivity index (χ1n) is 7.28. The third-order valence-corrected chi connectivity index (χ3v) is 4.08. The van der Waals surface area contributed by atoms with Gasteiger partial charge in [0.05, 0.1) is 6.61 Å². The van der Waals surface area contributed by atoms with E-state index in [4.69, 9.17) is 4.74 Å². The Morgan fingerprint density at radius 2 is 2.16 bits per heavy atom. The number of piperidine rings is 1. The molecule has 1 heterocycles. The summed E-state index contributed by atoms with van der Waals surface area (Å²) < 4.78 is 5.02. The van der Waals surface area contributed by atoms with Crippen LogP contribution in [-0.2, 0) is 4.74 Å². The molecule has 112 valence electrons. The summed E-state index contributed by atoms with van der Waals surface area (Å²) in [5, 5.41) is 3.02. The zero-order valence-corrected chi connectivity index (χ0v) is 12.8. The highest BCUT2D eigenvalue weighted by Gasteiger charge is 2.27. The van der Waals surface area contributed by atoms with Crippen molar-refractivity contribution in [1.29, 1.82) is 0 Å². The zero-order chi connectivity index (χ0) is 14.3. The predicted octanol–water partition coefficient (Wildman–Crippen LogP) is 1.39. The Morgan fingerprint density at radius 1 is 1.42 bits per heavy atom. The number of nitrogens with zero attached hydrogens (tertiary/aromatic N) is 2. The second-order valence-electron chi connectivity index (χ2n) is 5.58. The third kappa shape index (κ3) is 5.37. The number of likely N-dealkylation sites (tertiary alicyclic amines) is 1. The number of urea groups is 1. The van der Waals surface area contributed by atoms with Crippen LogP contribution in [0.25, 0.3) is 0 Å². The lowest BCUT2D eigenvalue weighted by molar-refractivity contribution is 0.127. The van der Waals surface area contributed by atoms with Gasteiger partial charge in [0, 0.05) is 39.3 Å². The maximum absolute atomic E-state index is 12.1. The lowest BCUT2D eigenvalue weighted by Gasteiger charge is -2.37. The second-order valence-corrected chi connectivity index (χ2v) is 5.58. The second kappa shape index (κ2) is 8.38. The quantitative estimate of drug-likeness (QED) is 0.794. The van der Waals surface area contributed by atoms with Crippen LogP contribution in [0, 0.1) is 5.92 Å². The van der Waals surface area contributed by atoms with Crippen molar-refractivity contribution in [3.63, 3.8) is 0 Å². The maximum Gasteiger partial charge on any atom is 0.317 e. The Kier molecular flexibility index (Phi) is 7.16. The molecule has 5 heteroatoms. The normalized spacial score (nSPS) is 23.7. The largest absolute Gasteiger partial charge is 0.383 e. The number of carbonyl (C=O) groups is 1. The van der Waals surface area contributed by atoms with Gasteiger partial charge in [-0.15, -0.1) is 0 Å². The lowest BCUT2D eigenvalue weighted by atomic mass is 9.92. The van der Waals surface area contributed by atoms with Gasteiger partial charge < -0.3 is 19.9 Å². The summed E-state index contributed by atoms with van der Waals surface area (Å²) in [6.07, 6.45) is 2.34. The van der Waals surface area contributed by atoms with Crippen molar-refractivity contribution in [1.82, 2.24) is 15.1 Å². The summed E-state index contributed by atoms with van der Waals surface area (Å²) in [6.45, 7) is 8.42. The predicted molar refractivity (Wildman–Crippen MR) is 77.3 cm³/mol. The smallest absolute Gasteiger partial charge is 0.317 e. The van der Waals surface area contributed by atoms with Crippen molar-refractivity contribution < 1.29 is 9.53 Å². The van der Waals surface area contributed by atoms with E-state index in [9.17, 15) is 4.79 Å². The van der Waals surface area contributed by atoms with Crippen molar-refractivity contribution in [2.45, 2.75) is 32.7 Å². The van der Waals surface area contributed by atoms with E-state index in [0.717, 1.165) is 32.7 Å². The van der Waals surface area contributed by atoms with E-state index in [0.29, 0.717) is 18.5 Å². The van der Waals surface area contributed by atoms with Crippen molar-refractivity contribution in [3.8, 4) is 0 Å². The van der Waals surface area contributed by atoms with Crippen LogP contribution in [0.5, 0.6) is 0 Å². The summed E-state index contributed by atoms with van der Waals surface area (Å²) in [7, 11) is 3.74. The topological polar surface area (TPSA) is 44.8 Å². The van der Waals surface area contributed by atoms with Crippen LogP contribution in [-0.4, -0.2) is 68.8 Å². The van der Waals surface area contributed by atoms with E-state index < -0.39 is 0 Å². The molecule has 0 aliphatic carbocycles. The number of hydrogen-bond donors (Lipinski definition) is 1. The van der Waals surface area contributed by atoms with Crippen LogP contribution in [0.2, 0.25) is 0 Å². The third-order valence-electron chi connectivity index (χ3n) is 4.08. The molecule has 1 rings (SSSR count). The molecule has 1 fully saturated rings. The molecule has 0 spiro atoms. The number of amides is 2. The molecule has 1 aliphatic heterocycles. The molecule has 0 radical (unpaired) electrons. The highest BCUT2D eigenvalue weighted by Crippen LogP contribution is 2.22. The number of rotatable bonds is 6. The van der Waals surface area contributed by atoms with Crippen LogP contribution in [0.1, 0.15) is 26.7 Å². The van der Waals surface area contributed by atoms with Gasteiger partial charge >= 0.3 is 6.03 Å². The highest BCUT2D eigenvalue weighted by atomic mass is 16.5. The molecule has 0 saturated carbocycles. The summed E-state index contributed by atoms with van der Waals surface area (Å²) in [5.41, 5.74) is 0. The first kappa shape index (κ1) is 16.2. The summed E-state index contributed by atoms with van der Waals surface area (Å²) >= 11 is 0. The fourth-order valence-electron chi connectivity index (χ4n) is 2.44. The van der Waals surface area contributed by atoms with E-state index in [1.165, 1.54) is 6.42 Å². The molecule has 1 N–H and O–H groups in total. The number of ether oxygens (including phenoxy) is 1. The van der Waals surface area contributed by atoms with Crippen LogP contribution in [0.15, 0.2) is 0 Å². The highest BCUT2D eigenvalue weighted by molar-refractivity contribution is 5.74. The Balaban J connectivity index is 2.23. The van der Waals surface area contributed by atoms with E-state index in [-0.39, 0.29) is 6.03 Å². The molecule has 1 aliphatic rings. The van der Waals surface area contributed by atoms with Crippen LogP contribution >= 0.6 is 0 Å². The Hall–Kier alpha value is -0.810. The van der Waals surface area contributed by atoms with Gasteiger partial charge in [0.2, 0.25) is 0 Å². The monoisotopic (exact) mass is 271 g/mol. The standard InChI is InChI=1S/C14H29N3O2/c1-12-6-5-8-17(13(12)2)14(18)15-7-9-16(3)10-11-19-4/h12-13H,5-11H2,1-4H3,(H,15,18)/t12-,13-/m1/s1. The SMILES string of the molecule is COCCN(C)CCNC(=O)N1CCC[C@@H](C)[C@H]1C. The van der Waals surface area contributed by atoms with Gasteiger partial charge in [-0.05, 0) is 32.7 Å². The van der Waals surface area contributed by atoms with Crippen molar-refractivity contribution in [3.05, 3.63) is 0 Å². The molecule has 0 aromatic rings. The first-order chi connectivity index (χ1) is 9.06. The molecule has 0 aromatic carbocycles. The van der Waals surface area contributed by atoms with Gasteiger partial charge in [-0.3, -0.25) is 0 Å². The van der Waals surface area contributed by atoms with Gasteiger partial charge in [0.25, 0.3) is 0 Å². The fraction of sp³-hybridized carbons (Fsp3) is 0.929. The summed E-state index contributed by atoms with van der Waals surface area (Å²) in [5.74, 6) is 0.601. The van der Waals surface area contributed by atoms with Gasteiger partial charge in [0.15, 0.2) is 0 Å². The molecule has 0 unspecified atom stereocenters. The van der Waals surface area contributed by atoms with Crippen molar-refractivity contribution in [2.24, 2.45) is 5.92 Å². The minimum Gasteiger partial charge on any atom is -0.383 e. The molecule has 1 saturated heterocycles. The average molecular weight is 271 g/mol. The average Bonchev–Trinajstić information content (AvgIpc) is 2.39. The number of hydrogen-bond acceptors (Lipinski definition) is 3. The number of likely N-dealkylation sites (N-methyl/N-ethyl adjacent to an activating group) is 1. The number of nitrogens with one attached hydrogen (secondary N) is 1. The lowest BCUT2D eigenvalue weighted by Crippen LogP contribution is -2.51. The molecule has 19 heavy (non-hydrogen) atoms. The van der Waals surface area contributed by atoms with Gasteiger partial charge in [0.1, 0.15) is 0 Å². The molecule has 5 nitrogen and oxygen atoms in total. The molecular weight excluding hydrogens is 242 g/mol. The van der Waals surface area contributed by atoms with Crippen molar-refractivity contribution in [2.75, 3.05) is 46.9 Å². The van der Waals surface area contributed by atoms with Crippen molar-refractivity contribution >= 4 is 6.03 Å². The minimum atomic E-state index is 0.0826. The summed E-state index contributed by atoms with van der Waals surface area (Å²) in [6, 6.07) is 0.430. The molecule has 2 amide bonds. The van der Waals surface area contributed by atoms with E-state index in [1.807, 2.05) is 11.9 Å². The van der Waals surface area contributed by atoms with Crippen LogP contribution in [0.4, 0.5) is 4.79 Å². The number of methoxy groups -OCH3 is 1. The van der Waals surface area contributed by atoms with E-state index in [1.54, 1.807) is 7.11 Å². The summed E-state index contributed by atoms with van der Waals surface area (Å²) in [4.78, 5) is 16.3. The molecule has 0 aromatic heterocycles. The van der Waals surface area contributed by atoms with Gasteiger partial charge in [-0.25, -0.2) is 4.79 Å². The Bertz CT molecular complexity index is 273. The Morgan fingerprint density at radius 3 is 2.84 bits per heavy atom. The molecule has 0 bridgehead atoms. The van der Waals surface area contributed by atoms with Crippen LogP contribution < -0.4 is 5.32 Å². The van der Waals surface area contributed by atoms with Crippen LogP contribution in [0.3, 0.4) is 0 Å². The Labute approximate surface area is 117 Å². The first-order valence-corrected chi connectivity index (χ1v) is 7.28. The maximum atomic E-state index is 12.1. The van der Waals surface area contributed by atoms with E-state index in [2.05, 4.69) is 24.1 Å². The molecule has 2 atom stereocenters. The van der Waals surface area contributed by atoms with Gasteiger partial charge in [-0.2, -0.15) is 0 Å². The van der Waals surface area contributed by atoms with Gasteiger partial charge in [-0.1, -0.05) is 6.92 Å². The van der Waals surface area contributed by atoms with E-state index >= 15 is 0 Å². The fourth-order valence-corrected chi connectivity index (χ4v) is 2.44.